The Balaban J connectivity index is 2.14. The summed E-state index contributed by atoms with van der Waals surface area (Å²) in [7, 11) is 0. The van der Waals surface area contributed by atoms with Crippen LogP contribution in [0.3, 0.4) is 0 Å². The van der Waals surface area contributed by atoms with E-state index in [0.29, 0.717) is 19.6 Å². The van der Waals surface area contributed by atoms with E-state index in [1.54, 1.807) is 0 Å². The minimum atomic E-state index is -0.248. The van der Waals surface area contributed by atoms with Crippen LogP contribution in [0.1, 0.15) is 37.8 Å². The zero-order valence-corrected chi connectivity index (χ0v) is 11.6. The Morgan fingerprint density at radius 1 is 1.32 bits per heavy atom. The van der Waals surface area contributed by atoms with Crippen LogP contribution in [0.2, 0.25) is 0 Å². The fourth-order valence-electron chi connectivity index (χ4n) is 1.70. The van der Waals surface area contributed by atoms with E-state index in [1.807, 2.05) is 30.3 Å². The van der Waals surface area contributed by atoms with Crippen molar-refractivity contribution in [1.29, 1.82) is 0 Å². The third-order valence-corrected chi connectivity index (χ3v) is 2.84. The van der Waals surface area contributed by atoms with E-state index in [9.17, 15) is 4.79 Å². The Labute approximate surface area is 115 Å². The number of hydrogen-bond acceptors (Lipinski definition) is 3. The number of amides is 1. The van der Waals surface area contributed by atoms with Crippen LogP contribution in [0.4, 0.5) is 0 Å². The molecule has 0 radical (unpaired) electrons. The van der Waals surface area contributed by atoms with Crippen LogP contribution in [-0.2, 0) is 9.53 Å². The molecule has 1 rings (SSSR count). The quantitative estimate of drug-likeness (QED) is 0.671. The van der Waals surface area contributed by atoms with Crippen LogP contribution in [-0.4, -0.2) is 25.7 Å². The van der Waals surface area contributed by atoms with Gasteiger partial charge in [-0.2, -0.15) is 0 Å². The molecular weight excluding hydrogens is 240 g/mol. The average Bonchev–Trinajstić information content (AvgIpc) is 2.43. The number of benzene rings is 1. The Hall–Kier alpha value is -1.39. The lowest BCUT2D eigenvalue weighted by Crippen LogP contribution is -2.30. The normalized spacial score (nSPS) is 12.1. The summed E-state index contributed by atoms with van der Waals surface area (Å²) in [5, 5.41) is 2.82. The molecule has 1 aromatic carbocycles. The van der Waals surface area contributed by atoms with Crippen molar-refractivity contribution in [3.63, 3.8) is 0 Å². The van der Waals surface area contributed by atoms with Crippen molar-refractivity contribution in [2.45, 2.75) is 32.2 Å². The second-order valence-corrected chi connectivity index (χ2v) is 4.54. The number of rotatable bonds is 9. The van der Waals surface area contributed by atoms with Crippen molar-refractivity contribution in [3.8, 4) is 0 Å². The van der Waals surface area contributed by atoms with Crippen molar-refractivity contribution in [1.82, 2.24) is 5.32 Å². The predicted octanol–water partition coefficient (Wildman–Crippen LogP) is 2.01. The highest BCUT2D eigenvalue weighted by Crippen LogP contribution is 2.12. The highest BCUT2D eigenvalue weighted by Gasteiger charge is 2.10. The van der Waals surface area contributed by atoms with Gasteiger partial charge < -0.3 is 15.8 Å². The molecule has 0 aliphatic carbocycles. The zero-order chi connectivity index (χ0) is 13.9. The third-order valence-electron chi connectivity index (χ3n) is 2.84. The molecular formula is C15H24N2O2. The highest BCUT2D eigenvalue weighted by molar-refractivity contribution is 5.76. The molecule has 1 unspecified atom stereocenters. The maximum atomic E-state index is 11.7. The molecule has 19 heavy (non-hydrogen) atoms. The van der Waals surface area contributed by atoms with E-state index in [0.717, 1.165) is 25.0 Å². The first-order chi connectivity index (χ1) is 9.24. The van der Waals surface area contributed by atoms with Crippen LogP contribution < -0.4 is 11.1 Å². The molecule has 0 saturated carbocycles. The van der Waals surface area contributed by atoms with Crippen LogP contribution in [0.5, 0.6) is 0 Å². The zero-order valence-electron chi connectivity index (χ0n) is 11.6. The van der Waals surface area contributed by atoms with E-state index in [-0.39, 0.29) is 11.9 Å². The number of nitrogens with one attached hydrogen (secondary N) is 1. The van der Waals surface area contributed by atoms with Crippen molar-refractivity contribution >= 4 is 5.91 Å². The molecule has 0 spiro atoms. The smallest absolute Gasteiger partial charge is 0.221 e. The molecule has 0 bridgehead atoms. The number of carbonyl (C=O) groups is 1. The first kappa shape index (κ1) is 15.7. The van der Waals surface area contributed by atoms with Gasteiger partial charge >= 0.3 is 0 Å². The number of carbonyl (C=O) groups excluding carboxylic acids is 1. The Kier molecular flexibility index (Phi) is 7.86. The number of ether oxygens (including phenoxy) is 1. The minimum Gasteiger partial charge on any atom is -0.380 e. The van der Waals surface area contributed by atoms with Gasteiger partial charge in [-0.05, 0) is 12.0 Å². The molecule has 0 aromatic heterocycles. The van der Waals surface area contributed by atoms with Crippen LogP contribution in [0, 0.1) is 0 Å². The van der Waals surface area contributed by atoms with Gasteiger partial charge in [-0.25, -0.2) is 0 Å². The van der Waals surface area contributed by atoms with Gasteiger partial charge in [-0.15, -0.1) is 0 Å². The summed E-state index contributed by atoms with van der Waals surface area (Å²) < 4.78 is 5.37. The third kappa shape index (κ3) is 6.94. The van der Waals surface area contributed by atoms with Gasteiger partial charge in [0, 0.05) is 25.6 Å². The number of nitrogens with two attached hydrogens (primary N) is 1. The van der Waals surface area contributed by atoms with Crippen molar-refractivity contribution in [3.05, 3.63) is 35.9 Å². The van der Waals surface area contributed by atoms with Gasteiger partial charge in [0.05, 0.1) is 6.61 Å². The Morgan fingerprint density at radius 3 is 2.74 bits per heavy atom. The van der Waals surface area contributed by atoms with E-state index < -0.39 is 0 Å². The van der Waals surface area contributed by atoms with Gasteiger partial charge in [-0.3, -0.25) is 4.79 Å². The van der Waals surface area contributed by atoms with Crippen molar-refractivity contribution in [2.75, 3.05) is 19.8 Å². The van der Waals surface area contributed by atoms with Gasteiger partial charge in [0.1, 0.15) is 0 Å². The fourth-order valence-corrected chi connectivity index (χ4v) is 1.70. The van der Waals surface area contributed by atoms with Crippen molar-refractivity contribution < 1.29 is 9.53 Å². The van der Waals surface area contributed by atoms with E-state index in [2.05, 4.69) is 12.2 Å². The molecule has 1 atom stereocenters. The Bertz CT molecular complexity index is 354. The Morgan fingerprint density at radius 2 is 2.05 bits per heavy atom. The van der Waals surface area contributed by atoms with Crippen LogP contribution in [0.15, 0.2) is 30.3 Å². The molecule has 1 amide bonds. The summed E-state index contributed by atoms with van der Waals surface area (Å²) in [6.07, 6.45) is 2.49. The summed E-state index contributed by atoms with van der Waals surface area (Å²) in [6, 6.07) is 9.41. The van der Waals surface area contributed by atoms with Crippen LogP contribution >= 0.6 is 0 Å². The summed E-state index contributed by atoms with van der Waals surface area (Å²) in [6.45, 7) is 3.99. The fraction of sp³-hybridized carbons (Fsp3) is 0.533. The highest BCUT2D eigenvalue weighted by atomic mass is 16.5. The van der Waals surface area contributed by atoms with Crippen LogP contribution in [0.25, 0.3) is 0 Å². The molecule has 0 aliphatic rings. The SMILES string of the molecule is CCCCOCCNC(=O)CC(N)c1ccccc1. The van der Waals surface area contributed by atoms with E-state index in [1.165, 1.54) is 0 Å². The van der Waals surface area contributed by atoms with E-state index in [4.69, 9.17) is 10.5 Å². The van der Waals surface area contributed by atoms with Crippen molar-refractivity contribution in [2.24, 2.45) is 5.73 Å². The molecule has 0 aliphatic heterocycles. The topological polar surface area (TPSA) is 64.3 Å². The maximum absolute atomic E-state index is 11.7. The van der Waals surface area contributed by atoms with E-state index >= 15 is 0 Å². The lowest BCUT2D eigenvalue weighted by atomic mass is 10.0. The first-order valence-corrected chi connectivity index (χ1v) is 6.89. The van der Waals surface area contributed by atoms with Gasteiger partial charge in [0.25, 0.3) is 0 Å². The average molecular weight is 264 g/mol. The predicted molar refractivity (Wildman–Crippen MR) is 76.7 cm³/mol. The molecule has 106 valence electrons. The lowest BCUT2D eigenvalue weighted by Gasteiger charge is -2.12. The summed E-state index contributed by atoms with van der Waals surface area (Å²) in [5.41, 5.74) is 6.96. The summed E-state index contributed by atoms with van der Waals surface area (Å²) in [4.78, 5) is 11.7. The van der Waals surface area contributed by atoms with Gasteiger partial charge in [0.2, 0.25) is 5.91 Å². The number of hydrogen-bond donors (Lipinski definition) is 2. The molecule has 3 N–H and O–H groups in total. The molecule has 0 fully saturated rings. The number of unbranched alkanes of at least 4 members (excludes halogenated alkanes) is 1. The van der Waals surface area contributed by atoms with Gasteiger partial charge in [0.15, 0.2) is 0 Å². The summed E-state index contributed by atoms with van der Waals surface area (Å²) in [5.74, 6) is -0.0320. The monoisotopic (exact) mass is 264 g/mol. The lowest BCUT2D eigenvalue weighted by molar-refractivity contribution is -0.121. The second-order valence-electron chi connectivity index (χ2n) is 4.54. The second kappa shape index (κ2) is 9.53. The first-order valence-electron chi connectivity index (χ1n) is 6.89. The maximum Gasteiger partial charge on any atom is 0.221 e. The molecule has 0 saturated heterocycles. The molecule has 4 heteroatoms. The summed E-state index contributed by atoms with van der Waals surface area (Å²) >= 11 is 0. The largest absolute Gasteiger partial charge is 0.380 e. The minimum absolute atomic E-state index is 0.0320. The molecule has 1 aromatic rings. The molecule has 0 heterocycles. The van der Waals surface area contributed by atoms with Gasteiger partial charge in [-0.1, -0.05) is 43.7 Å². The molecule has 4 nitrogen and oxygen atoms in total. The standard InChI is InChI=1S/C15H24N2O2/c1-2-3-10-19-11-9-17-15(18)12-14(16)13-7-5-4-6-8-13/h4-8,14H,2-3,9-12,16H2,1H3,(H,17,18).